The fourth-order valence-electron chi connectivity index (χ4n) is 3.56. The van der Waals surface area contributed by atoms with Crippen LogP contribution in [0.5, 0.6) is 5.75 Å². The summed E-state index contributed by atoms with van der Waals surface area (Å²) in [5.41, 5.74) is 2.11. The quantitative estimate of drug-likeness (QED) is 0.608. The van der Waals surface area contributed by atoms with Crippen molar-refractivity contribution in [2.24, 2.45) is 5.41 Å². The second-order valence-electron chi connectivity index (χ2n) is 7.81. The molecule has 4 nitrogen and oxygen atoms in total. The lowest BCUT2D eigenvalue weighted by Crippen LogP contribution is -2.24. The van der Waals surface area contributed by atoms with E-state index in [0.29, 0.717) is 35.5 Å². The van der Waals surface area contributed by atoms with Crippen molar-refractivity contribution >= 4 is 5.69 Å². The van der Waals surface area contributed by atoms with Crippen LogP contribution in [0, 0.1) is 24.0 Å². The van der Waals surface area contributed by atoms with Crippen molar-refractivity contribution in [1.82, 2.24) is 0 Å². The smallest absolute Gasteiger partial charge is 0.150 e. The van der Waals surface area contributed by atoms with Gasteiger partial charge in [-0.15, -0.1) is 0 Å². The average Bonchev–Trinajstić information content (AvgIpc) is 3.42. The molecule has 2 aromatic rings. The first kappa shape index (κ1) is 20.6. The predicted octanol–water partition coefficient (Wildman–Crippen LogP) is 3.81. The maximum atomic E-state index is 14.8. The predicted molar refractivity (Wildman–Crippen MR) is 105 cm³/mol. The van der Waals surface area contributed by atoms with Gasteiger partial charge in [-0.25, -0.2) is 8.78 Å². The molecule has 0 amide bonds. The number of hydrogen-bond acceptors (Lipinski definition) is 4. The number of rotatable bonds is 9. The van der Waals surface area contributed by atoms with Crippen LogP contribution in [0.1, 0.15) is 36.0 Å². The van der Waals surface area contributed by atoms with Gasteiger partial charge in [0.25, 0.3) is 0 Å². The van der Waals surface area contributed by atoms with E-state index in [9.17, 15) is 13.9 Å². The summed E-state index contributed by atoms with van der Waals surface area (Å²) in [6.07, 6.45) is 1.75. The molecule has 1 aliphatic rings. The van der Waals surface area contributed by atoms with Crippen molar-refractivity contribution in [2.75, 3.05) is 25.6 Å². The molecule has 0 heterocycles. The van der Waals surface area contributed by atoms with Crippen LogP contribution in [-0.4, -0.2) is 36.6 Å². The van der Waals surface area contributed by atoms with E-state index in [1.54, 1.807) is 12.1 Å². The van der Waals surface area contributed by atoms with Crippen molar-refractivity contribution in [3.63, 3.8) is 0 Å². The fourth-order valence-corrected chi connectivity index (χ4v) is 3.56. The van der Waals surface area contributed by atoms with E-state index in [1.807, 2.05) is 13.0 Å². The minimum Gasteiger partial charge on any atom is -0.497 e. The molecule has 1 aliphatic carbocycles. The minimum absolute atomic E-state index is 0.138. The molecule has 0 spiro atoms. The summed E-state index contributed by atoms with van der Waals surface area (Å²) in [5.74, 6) is -0.401. The van der Waals surface area contributed by atoms with E-state index >= 15 is 0 Å². The number of hydrogen-bond donors (Lipinski definition) is 3. The van der Waals surface area contributed by atoms with Crippen LogP contribution in [0.25, 0.3) is 0 Å². The number of anilines is 1. The zero-order valence-corrected chi connectivity index (χ0v) is 16.3. The molecule has 0 aliphatic heterocycles. The monoisotopic (exact) mass is 391 g/mol. The Kier molecular flexibility index (Phi) is 6.20. The van der Waals surface area contributed by atoms with E-state index in [0.717, 1.165) is 18.4 Å². The molecule has 3 N–H and O–H groups in total. The number of nitrogens with one attached hydrogen (secondary N) is 1. The second kappa shape index (κ2) is 8.45. The lowest BCUT2D eigenvalue weighted by atomic mass is 9.97. The van der Waals surface area contributed by atoms with E-state index in [4.69, 9.17) is 9.84 Å². The number of aliphatic hydroxyl groups is 2. The molecule has 1 fully saturated rings. The van der Waals surface area contributed by atoms with Crippen molar-refractivity contribution in [3.8, 4) is 5.75 Å². The van der Waals surface area contributed by atoms with Gasteiger partial charge in [0.15, 0.2) is 0 Å². The molecule has 0 saturated heterocycles. The molecular formula is C22H27F2NO3. The van der Waals surface area contributed by atoms with Gasteiger partial charge in [0.05, 0.1) is 25.5 Å². The SMILES string of the molecule is COc1cc(F)c(NCC2(CC(O)CO)CC2)c(Cc2ccc(C)cc2F)c1. The Bertz CT molecular complexity index is 837. The third-order valence-corrected chi connectivity index (χ3v) is 5.45. The highest BCUT2D eigenvalue weighted by Gasteiger charge is 2.43. The van der Waals surface area contributed by atoms with Crippen molar-refractivity contribution in [2.45, 2.75) is 38.7 Å². The van der Waals surface area contributed by atoms with Gasteiger partial charge in [-0.2, -0.15) is 0 Å². The van der Waals surface area contributed by atoms with Gasteiger partial charge in [-0.1, -0.05) is 12.1 Å². The maximum Gasteiger partial charge on any atom is 0.150 e. The lowest BCUT2D eigenvalue weighted by Gasteiger charge is -2.21. The van der Waals surface area contributed by atoms with E-state index in [1.165, 1.54) is 19.2 Å². The van der Waals surface area contributed by atoms with Crippen LogP contribution in [0.3, 0.4) is 0 Å². The van der Waals surface area contributed by atoms with Crippen LogP contribution in [0.4, 0.5) is 14.5 Å². The van der Waals surface area contributed by atoms with Crippen molar-refractivity contribution < 1.29 is 23.7 Å². The summed E-state index contributed by atoms with van der Waals surface area (Å²) in [7, 11) is 1.47. The summed E-state index contributed by atoms with van der Waals surface area (Å²) < 4.78 is 34.3. The maximum absolute atomic E-state index is 14.8. The first-order chi connectivity index (χ1) is 13.4. The van der Waals surface area contributed by atoms with Gasteiger partial charge in [0.1, 0.15) is 17.4 Å². The van der Waals surface area contributed by atoms with Crippen LogP contribution in [0.15, 0.2) is 30.3 Å². The topological polar surface area (TPSA) is 61.7 Å². The molecule has 0 aromatic heterocycles. The number of aryl methyl sites for hydroxylation is 1. The second-order valence-corrected chi connectivity index (χ2v) is 7.81. The third-order valence-electron chi connectivity index (χ3n) is 5.45. The summed E-state index contributed by atoms with van der Waals surface area (Å²) in [4.78, 5) is 0. The molecule has 1 saturated carbocycles. The van der Waals surface area contributed by atoms with Crippen LogP contribution >= 0.6 is 0 Å². The summed E-state index contributed by atoms with van der Waals surface area (Å²) in [5, 5.41) is 22.0. The zero-order valence-electron chi connectivity index (χ0n) is 16.3. The highest BCUT2D eigenvalue weighted by atomic mass is 19.1. The Morgan fingerprint density at radius 2 is 1.89 bits per heavy atom. The zero-order chi connectivity index (χ0) is 20.3. The van der Waals surface area contributed by atoms with Gasteiger partial charge in [-0.3, -0.25) is 0 Å². The molecule has 2 aromatic carbocycles. The summed E-state index contributed by atoms with van der Waals surface area (Å²) in [6.45, 7) is 2.02. The van der Waals surface area contributed by atoms with Crippen molar-refractivity contribution in [1.29, 1.82) is 0 Å². The van der Waals surface area contributed by atoms with Gasteiger partial charge in [0, 0.05) is 19.0 Å². The van der Waals surface area contributed by atoms with Gasteiger partial charge in [-0.05, 0) is 60.4 Å². The molecular weight excluding hydrogens is 364 g/mol. The molecule has 1 atom stereocenters. The first-order valence-electron chi connectivity index (χ1n) is 9.50. The summed E-state index contributed by atoms with van der Waals surface area (Å²) in [6, 6.07) is 8.03. The van der Waals surface area contributed by atoms with E-state index in [2.05, 4.69) is 5.32 Å². The standard InChI is InChI=1S/C22H27F2NO3/c1-14-3-4-15(19(23)7-14)8-16-9-18(28-2)10-20(24)21(16)25-13-22(5-6-22)11-17(27)12-26/h3-4,7,9-10,17,25-27H,5-6,8,11-13H2,1-2H3. The highest BCUT2D eigenvalue weighted by Crippen LogP contribution is 2.49. The Balaban J connectivity index is 1.84. The molecule has 1 unspecified atom stereocenters. The fraction of sp³-hybridized carbons (Fsp3) is 0.455. The molecule has 3 rings (SSSR count). The Morgan fingerprint density at radius 3 is 2.50 bits per heavy atom. The Morgan fingerprint density at radius 1 is 1.14 bits per heavy atom. The number of halogens is 2. The normalized spacial score (nSPS) is 15.9. The molecule has 6 heteroatoms. The number of aliphatic hydroxyl groups excluding tert-OH is 2. The molecule has 0 radical (unpaired) electrons. The highest BCUT2D eigenvalue weighted by molar-refractivity contribution is 5.57. The van der Waals surface area contributed by atoms with E-state index < -0.39 is 11.9 Å². The number of methoxy groups -OCH3 is 1. The molecule has 28 heavy (non-hydrogen) atoms. The third kappa shape index (κ3) is 4.80. The molecule has 0 bridgehead atoms. The largest absolute Gasteiger partial charge is 0.497 e. The first-order valence-corrected chi connectivity index (χ1v) is 9.50. The van der Waals surface area contributed by atoms with Crippen molar-refractivity contribution in [3.05, 3.63) is 58.7 Å². The van der Waals surface area contributed by atoms with Crippen LogP contribution in [-0.2, 0) is 6.42 Å². The van der Waals surface area contributed by atoms with Gasteiger partial charge in [0.2, 0.25) is 0 Å². The van der Waals surface area contributed by atoms with Crippen LogP contribution < -0.4 is 10.1 Å². The lowest BCUT2D eigenvalue weighted by molar-refractivity contribution is 0.0718. The minimum atomic E-state index is -0.772. The average molecular weight is 391 g/mol. The molecule has 152 valence electrons. The van der Waals surface area contributed by atoms with Gasteiger partial charge < -0.3 is 20.3 Å². The van der Waals surface area contributed by atoms with E-state index in [-0.39, 0.29) is 24.3 Å². The Hall–Kier alpha value is -2.18. The Labute approximate surface area is 164 Å². The van der Waals surface area contributed by atoms with Crippen LogP contribution in [0.2, 0.25) is 0 Å². The summed E-state index contributed by atoms with van der Waals surface area (Å²) >= 11 is 0. The van der Waals surface area contributed by atoms with Gasteiger partial charge >= 0.3 is 0 Å². The number of ether oxygens (including phenoxy) is 1. The number of benzene rings is 2.